The molecule has 1 N–H and O–H groups in total. The minimum Gasteiger partial charge on any atom is -0.324 e. The van der Waals surface area contributed by atoms with Gasteiger partial charge in [-0.05, 0) is 81.1 Å². The monoisotopic (exact) mass is 459 g/mol. The first-order valence-electron chi connectivity index (χ1n) is 11.0. The van der Waals surface area contributed by atoms with Crippen molar-refractivity contribution >= 4 is 22.5 Å². The molecule has 1 aliphatic carbocycles. The summed E-state index contributed by atoms with van der Waals surface area (Å²) in [5.74, 6) is -0.373. The number of hydrogen-bond acceptors (Lipinski definition) is 5. The maximum atomic E-state index is 13.3. The highest BCUT2D eigenvalue weighted by Crippen LogP contribution is 2.20. The molecule has 2 heterocycles. The Morgan fingerprint density at radius 2 is 1.85 bits per heavy atom. The molecule has 9 heteroatoms. The largest absolute Gasteiger partial charge is 0.324 e. The first-order chi connectivity index (χ1) is 16.3. The Hall–Kier alpha value is -4.14. The van der Waals surface area contributed by atoms with Gasteiger partial charge < -0.3 is 5.32 Å². The molecular formula is C25H22FN5O3. The van der Waals surface area contributed by atoms with E-state index >= 15 is 0 Å². The number of benzene rings is 2. The number of fused-ring (bicyclic) bond motifs is 2. The van der Waals surface area contributed by atoms with Crippen LogP contribution in [0.5, 0.6) is 0 Å². The van der Waals surface area contributed by atoms with Crippen LogP contribution in [0.3, 0.4) is 0 Å². The summed E-state index contributed by atoms with van der Waals surface area (Å²) in [5.41, 5.74) is 2.51. The van der Waals surface area contributed by atoms with Crippen LogP contribution in [0.25, 0.3) is 16.6 Å². The fraction of sp³-hybridized carbons (Fsp3) is 0.240. The van der Waals surface area contributed by atoms with E-state index in [1.807, 2.05) is 0 Å². The lowest BCUT2D eigenvalue weighted by atomic mass is 10.2. The average molecular weight is 459 g/mol. The van der Waals surface area contributed by atoms with Gasteiger partial charge in [0.05, 0.1) is 22.3 Å². The lowest BCUT2D eigenvalue weighted by molar-refractivity contribution is -0.119. The SMILES string of the molecule is Cc1nc2ccc(NC(=O)C(C)n3nc4c(cc3=O)CCC4)cc2c(=O)n1-c1ccc(F)cc1. The number of hydrogen-bond donors (Lipinski definition) is 1. The molecule has 5 rings (SSSR count). The molecule has 1 unspecified atom stereocenters. The van der Waals surface area contributed by atoms with Crippen LogP contribution in [0.1, 0.15) is 36.5 Å². The summed E-state index contributed by atoms with van der Waals surface area (Å²) >= 11 is 0. The van der Waals surface area contributed by atoms with Gasteiger partial charge in [-0.1, -0.05) is 0 Å². The standard InChI is InChI=1S/C25H22FN5O3/c1-14(31-23(32)12-16-4-3-5-21(16)29-31)24(33)28-18-8-11-22-20(13-18)25(34)30(15(2)27-22)19-9-6-17(26)7-10-19/h6-14H,3-5H2,1-2H3,(H,28,33). The Morgan fingerprint density at radius 3 is 2.62 bits per heavy atom. The zero-order valence-electron chi connectivity index (χ0n) is 18.7. The van der Waals surface area contributed by atoms with Crippen LogP contribution in [-0.4, -0.2) is 25.2 Å². The summed E-state index contributed by atoms with van der Waals surface area (Å²) in [6.45, 7) is 3.31. The van der Waals surface area contributed by atoms with Gasteiger partial charge in [-0.3, -0.25) is 19.0 Å². The molecule has 4 aromatic rings. The van der Waals surface area contributed by atoms with E-state index in [2.05, 4.69) is 15.4 Å². The molecule has 0 spiro atoms. The Kier molecular flexibility index (Phi) is 5.31. The second kappa shape index (κ2) is 8.33. The van der Waals surface area contributed by atoms with Crippen LogP contribution in [0, 0.1) is 12.7 Å². The normalized spacial score (nSPS) is 13.6. The minimum absolute atomic E-state index is 0.299. The molecule has 0 bridgehead atoms. The van der Waals surface area contributed by atoms with E-state index in [1.54, 1.807) is 38.1 Å². The average Bonchev–Trinajstić information content (AvgIpc) is 3.27. The maximum Gasteiger partial charge on any atom is 0.267 e. The summed E-state index contributed by atoms with van der Waals surface area (Å²) in [7, 11) is 0. The smallest absolute Gasteiger partial charge is 0.267 e. The van der Waals surface area contributed by atoms with Gasteiger partial charge >= 0.3 is 0 Å². The van der Waals surface area contributed by atoms with Gasteiger partial charge in [0.15, 0.2) is 0 Å². The quantitative estimate of drug-likeness (QED) is 0.506. The van der Waals surface area contributed by atoms with Crippen molar-refractivity contribution in [2.24, 2.45) is 0 Å². The van der Waals surface area contributed by atoms with Crippen molar-refractivity contribution in [3.05, 3.63) is 92.1 Å². The number of nitrogens with zero attached hydrogens (tertiary/aromatic N) is 4. The van der Waals surface area contributed by atoms with Crippen molar-refractivity contribution in [3.63, 3.8) is 0 Å². The van der Waals surface area contributed by atoms with Crippen molar-refractivity contribution in [1.82, 2.24) is 19.3 Å². The van der Waals surface area contributed by atoms with E-state index in [9.17, 15) is 18.8 Å². The van der Waals surface area contributed by atoms with E-state index < -0.39 is 17.8 Å². The predicted molar refractivity (Wildman–Crippen MR) is 126 cm³/mol. The van der Waals surface area contributed by atoms with Gasteiger partial charge in [0.2, 0.25) is 5.91 Å². The first kappa shape index (κ1) is 21.7. The third-order valence-electron chi connectivity index (χ3n) is 6.12. The van der Waals surface area contributed by atoms with Crippen molar-refractivity contribution in [2.75, 3.05) is 5.32 Å². The summed E-state index contributed by atoms with van der Waals surface area (Å²) in [6, 6.07) is 11.1. The van der Waals surface area contributed by atoms with Crippen LogP contribution in [0.2, 0.25) is 0 Å². The van der Waals surface area contributed by atoms with E-state index in [0.29, 0.717) is 28.1 Å². The number of nitrogens with one attached hydrogen (secondary N) is 1. The molecule has 8 nitrogen and oxygen atoms in total. The molecule has 2 aromatic carbocycles. The van der Waals surface area contributed by atoms with Crippen molar-refractivity contribution in [2.45, 2.75) is 39.2 Å². The Bertz CT molecular complexity index is 1560. The predicted octanol–water partition coefficient (Wildman–Crippen LogP) is 3.08. The van der Waals surface area contributed by atoms with Crippen LogP contribution in [-0.2, 0) is 17.6 Å². The topological polar surface area (TPSA) is 98.9 Å². The van der Waals surface area contributed by atoms with E-state index in [1.165, 1.54) is 33.5 Å². The zero-order chi connectivity index (χ0) is 24.0. The number of aromatic nitrogens is 4. The van der Waals surface area contributed by atoms with E-state index in [-0.39, 0.29) is 11.1 Å². The molecule has 0 saturated carbocycles. The van der Waals surface area contributed by atoms with Crippen LogP contribution >= 0.6 is 0 Å². The first-order valence-corrected chi connectivity index (χ1v) is 11.0. The minimum atomic E-state index is -0.832. The van der Waals surface area contributed by atoms with Gasteiger partial charge in [-0.2, -0.15) is 5.10 Å². The van der Waals surface area contributed by atoms with E-state index in [0.717, 1.165) is 30.5 Å². The number of carbonyl (C=O) groups is 1. The highest BCUT2D eigenvalue weighted by molar-refractivity contribution is 5.95. The maximum absolute atomic E-state index is 13.3. The third kappa shape index (κ3) is 3.79. The molecular weight excluding hydrogens is 437 g/mol. The molecule has 1 amide bonds. The Morgan fingerprint density at radius 1 is 1.09 bits per heavy atom. The number of aryl methyl sites for hydroxylation is 3. The third-order valence-corrected chi connectivity index (χ3v) is 6.12. The van der Waals surface area contributed by atoms with E-state index in [4.69, 9.17) is 0 Å². The van der Waals surface area contributed by atoms with Gasteiger partial charge in [0.1, 0.15) is 17.7 Å². The second-order valence-corrected chi connectivity index (χ2v) is 8.43. The fourth-order valence-electron chi connectivity index (χ4n) is 4.32. The van der Waals surface area contributed by atoms with Crippen LogP contribution in [0.4, 0.5) is 10.1 Å². The molecule has 0 fully saturated rings. The van der Waals surface area contributed by atoms with Gasteiger partial charge in [-0.25, -0.2) is 14.1 Å². The lowest BCUT2D eigenvalue weighted by Crippen LogP contribution is -2.34. The van der Waals surface area contributed by atoms with Crippen LogP contribution < -0.4 is 16.4 Å². The molecule has 0 radical (unpaired) electrons. The molecule has 172 valence electrons. The Labute approximate surface area is 193 Å². The molecule has 2 aromatic heterocycles. The fourth-order valence-corrected chi connectivity index (χ4v) is 4.32. The number of rotatable bonds is 4. The number of halogens is 1. The summed E-state index contributed by atoms with van der Waals surface area (Å²) in [6.07, 6.45) is 2.58. The van der Waals surface area contributed by atoms with Gasteiger partial charge in [0.25, 0.3) is 11.1 Å². The number of anilines is 1. The van der Waals surface area contributed by atoms with Crippen molar-refractivity contribution < 1.29 is 9.18 Å². The lowest BCUT2D eigenvalue weighted by Gasteiger charge is -2.16. The molecule has 1 aliphatic rings. The molecule has 0 saturated heterocycles. The van der Waals surface area contributed by atoms with Crippen molar-refractivity contribution in [3.8, 4) is 5.69 Å². The number of amides is 1. The summed E-state index contributed by atoms with van der Waals surface area (Å²) in [5, 5.41) is 7.46. The summed E-state index contributed by atoms with van der Waals surface area (Å²) in [4.78, 5) is 43.1. The zero-order valence-corrected chi connectivity index (χ0v) is 18.7. The van der Waals surface area contributed by atoms with Crippen molar-refractivity contribution in [1.29, 1.82) is 0 Å². The van der Waals surface area contributed by atoms with Gasteiger partial charge in [-0.15, -0.1) is 0 Å². The Balaban J connectivity index is 1.47. The molecule has 0 aliphatic heterocycles. The summed E-state index contributed by atoms with van der Waals surface area (Å²) < 4.78 is 15.9. The highest BCUT2D eigenvalue weighted by Gasteiger charge is 2.22. The van der Waals surface area contributed by atoms with Gasteiger partial charge in [0, 0.05) is 11.8 Å². The second-order valence-electron chi connectivity index (χ2n) is 8.43. The van der Waals surface area contributed by atoms with Crippen LogP contribution in [0.15, 0.2) is 58.1 Å². The molecule has 34 heavy (non-hydrogen) atoms. The highest BCUT2D eigenvalue weighted by atomic mass is 19.1. The number of carbonyl (C=O) groups excluding carboxylic acids is 1. The molecule has 1 atom stereocenters.